The molecule has 17 heavy (non-hydrogen) atoms. The summed E-state index contributed by atoms with van der Waals surface area (Å²) in [5.41, 5.74) is 6.18. The first-order chi connectivity index (χ1) is 7.95. The SMILES string of the molecule is COC(=O)[C@H](N)Cc1cc(C(=O)O)ccc1Cl. The third-order valence-corrected chi connectivity index (χ3v) is 2.61. The van der Waals surface area contributed by atoms with Gasteiger partial charge in [0.05, 0.1) is 12.7 Å². The molecule has 0 unspecified atom stereocenters. The number of rotatable bonds is 4. The summed E-state index contributed by atoms with van der Waals surface area (Å²) >= 11 is 5.89. The van der Waals surface area contributed by atoms with E-state index in [1.54, 1.807) is 0 Å². The molecule has 0 aliphatic carbocycles. The molecule has 1 aromatic rings. The Kier molecular flexibility index (Phi) is 4.48. The van der Waals surface area contributed by atoms with Crippen molar-refractivity contribution in [2.45, 2.75) is 12.5 Å². The summed E-state index contributed by atoms with van der Waals surface area (Å²) in [5.74, 6) is -1.63. The van der Waals surface area contributed by atoms with Gasteiger partial charge in [-0.2, -0.15) is 0 Å². The summed E-state index contributed by atoms with van der Waals surface area (Å²) in [6, 6.07) is 3.39. The van der Waals surface area contributed by atoms with E-state index in [-0.39, 0.29) is 12.0 Å². The van der Waals surface area contributed by atoms with Crippen LogP contribution in [0.4, 0.5) is 0 Å². The van der Waals surface area contributed by atoms with Crippen molar-refractivity contribution in [1.29, 1.82) is 0 Å². The van der Waals surface area contributed by atoms with E-state index in [0.29, 0.717) is 10.6 Å². The van der Waals surface area contributed by atoms with Gasteiger partial charge in [-0.3, -0.25) is 4.79 Å². The molecule has 0 saturated heterocycles. The van der Waals surface area contributed by atoms with Gasteiger partial charge in [-0.15, -0.1) is 0 Å². The van der Waals surface area contributed by atoms with Crippen LogP contribution in [0.5, 0.6) is 0 Å². The molecule has 3 N–H and O–H groups in total. The van der Waals surface area contributed by atoms with Crippen LogP contribution in [0.15, 0.2) is 18.2 Å². The molecule has 5 nitrogen and oxygen atoms in total. The van der Waals surface area contributed by atoms with Gasteiger partial charge in [0.25, 0.3) is 0 Å². The Balaban J connectivity index is 2.93. The number of aromatic carboxylic acids is 1. The number of halogens is 1. The predicted octanol–water partition coefficient (Wildman–Crippen LogP) is 1.08. The fourth-order valence-corrected chi connectivity index (χ4v) is 1.53. The summed E-state index contributed by atoms with van der Waals surface area (Å²) in [4.78, 5) is 21.9. The van der Waals surface area contributed by atoms with E-state index in [0.717, 1.165) is 0 Å². The largest absolute Gasteiger partial charge is 0.478 e. The zero-order valence-electron chi connectivity index (χ0n) is 9.14. The second kappa shape index (κ2) is 5.65. The molecule has 0 aliphatic heterocycles. The fourth-order valence-electron chi connectivity index (χ4n) is 1.34. The molecule has 1 atom stereocenters. The van der Waals surface area contributed by atoms with Crippen LogP contribution in [-0.4, -0.2) is 30.2 Å². The summed E-state index contributed by atoms with van der Waals surface area (Å²) in [6.07, 6.45) is 0.132. The molecule has 0 aliphatic rings. The highest BCUT2D eigenvalue weighted by Crippen LogP contribution is 2.19. The smallest absolute Gasteiger partial charge is 0.335 e. The third kappa shape index (κ3) is 3.44. The van der Waals surface area contributed by atoms with E-state index in [1.165, 1.54) is 25.3 Å². The van der Waals surface area contributed by atoms with Crippen molar-refractivity contribution in [3.63, 3.8) is 0 Å². The Morgan fingerprint density at radius 2 is 2.18 bits per heavy atom. The van der Waals surface area contributed by atoms with Crippen LogP contribution in [-0.2, 0) is 16.0 Å². The number of carboxylic acid groups (broad SMARTS) is 1. The number of methoxy groups -OCH3 is 1. The van der Waals surface area contributed by atoms with Gasteiger partial charge >= 0.3 is 11.9 Å². The minimum Gasteiger partial charge on any atom is -0.478 e. The number of carboxylic acids is 1. The molecule has 0 spiro atoms. The van der Waals surface area contributed by atoms with Crippen molar-refractivity contribution in [3.05, 3.63) is 34.3 Å². The maximum atomic E-state index is 11.1. The lowest BCUT2D eigenvalue weighted by molar-refractivity contribution is -0.142. The summed E-state index contributed by atoms with van der Waals surface area (Å²) in [5, 5.41) is 9.19. The number of nitrogens with two attached hydrogens (primary N) is 1. The number of hydrogen-bond acceptors (Lipinski definition) is 4. The standard InChI is InChI=1S/C11H12ClNO4/c1-17-11(16)9(13)5-7-4-6(10(14)15)2-3-8(7)12/h2-4,9H,5,13H2,1H3,(H,14,15)/t9-/m1/s1. The molecule has 0 saturated carbocycles. The highest BCUT2D eigenvalue weighted by atomic mass is 35.5. The first-order valence-corrected chi connectivity index (χ1v) is 5.18. The van der Waals surface area contributed by atoms with Gasteiger partial charge in [-0.1, -0.05) is 11.6 Å². The molecule has 0 amide bonds. The normalized spacial score (nSPS) is 11.9. The van der Waals surface area contributed by atoms with E-state index >= 15 is 0 Å². The number of benzene rings is 1. The van der Waals surface area contributed by atoms with Gasteiger partial charge in [-0.05, 0) is 30.2 Å². The van der Waals surface area contributed by atoms with E-state index in [1.807, 2.05) is 0 Å². The Bertz CT molecular complexity index is 447. The third-order valence-electron chi connectivity index (χ3n) is 2.24. The van der Waals surface area contributed by atoms with Crippen LogP contribution in [0, 0.1) is 0 Å². The minimum atomic E-state index is -1.06. The van der Waals surface area contributed by atoms with Gasteiger partial charge < -0.3 is 15.6 Å². The lowest BCUT2D eigenvalue weighted by Gasteiger charge is -2.11. The van der Waals surface area contributed by atoms with Crippen LogP contribution in [0.2, 0.25) is 5.02 Å². The van der Waals surface area contributed by atoms with Crippen molar-refractivity contribution < 1.29 is 19.4 Å². The molecule has 0 fully saturated rings. The second-order valence-electron chi connectivity index (χ2n) is 3.45. The maximum absolute atomic E-state index is 11.1. The van der Waals surface area contributed by atoms with E-state index in [2.05, 4.69) is 4.74 Å². The van der Waals surface area contributed by atoms with Crippen molar-refractivity contribution in [2.24, 2.45) is 5.73 Å². The highest BCUT2D eigenvalue weighted by Gasteiger charge is 2.17. The molecule has 0 radical (unpaired) electrons. The maximum Gasteiger partial charge on any atom is 0.335 e. The Hall–Kier alpha value is -1.59. The summed E-state index contributed by atoms with van der Waals surface area (Å²) in [6.45, 7) is 0. The Labute approximate surface area is 103 Å². The van der Waals surface area contributed by atoms with Crippen molar-refractivity contribution in [3.8, 4) is 0 Å². The first-order valence-electron chi connectivity index (χ1n) is 4.81. The van der Waals surface area contributed by atoms with Crippen LogP contribution in [0.3, 0.4) is 0 Å². The van der Waals surface area contributed by atoms with Crippen molar-refractivity contribution in [2.75, 3.05) is 7.11 Å². The minimum absolute atomic E-state index is 0.0986. The Morgan fingerprint density at radius 3 is 2.71 bits per heavy atom. The molecule has 0 heterocycles. The molecule has 92 valence electrons. The van der Waals surface area contributed by atoms with E-state index in [4.69, 9.17) is 22.4 Å². The monoisotopic (exact) mass is 257 g/mol. The number of ether oxygens (including phenoxy) is 1. The second-order valence-corrected chi connectivity index (χ2v) is 3.85. The van der Waals surface area contributed by atoms with Crippen LogP contribution < -0.4 is 5.73 Å². The van der Waals surface area contributed by atoms with Crippen LogP contribution in [0.25, 0.3) is 0 Å². The number of carbonyl (C=O) groups is 2. The van der Waals surface area contributed by atoms with Crippen molar-refractivity contribution >= 4 is 23.5 Å². The zero-order valence-corrected chi connectivity index (χ0v) is 9.90. The highest BCUT2D eigenvalue weighted by molar-refractivity contribution is 6.31. The molecular formula is C11H12ClNO4. The van der Waals surface area contributed by atoms with Gasteiger partial charge in [0.15, 0.2) is 0 Å². The number of esters is 1. The topological polar surface area (TPSA) is 89.6 Å². The average molecular weight is 258 g/mol. The summed E-state index contributed by atoms with van der Waals surface area (Å²) < 4.78 is 4.48. The van der Waals surface area contributed by atoms with E-state index < -0.39 is 18.0 Å². The van der Waals surface area contributed by atoms with Crippen LogP contribution in [0.1, 0.15) is 15.9 Å². The zero-order chi connectivity index (χ0) is 13.0. The molecule has 1 rings (SSSR count). The Morgan fingerprint density at radius 1 is 1.53 bits per heavy atom. The van der Waals surface area contributed by atoms with Crippen LogP contribution >= 0.6 is 11.6 Å². The van der Waals surface area contributed by atoms with Gasteiger partial charge in [0, 0.05) is 5.02 Å². The molecule has 1 aromatic carbocycles. The lowest BCUT2D eigenvalue weighted by atomic mass is 10.0. The van der Waals surface area contributed by atoms with Gasteiger partial charge in [0.2, 0.25) is 0 Å². The number of carbonyl (C=O) groups excluding carboxylic acids is 1. The van der Waals surface area contributed by atoms with Crippen molar-refractivity contribution in [1.82, 2.24) is 0 Å². The quantitative estimate of drug-likeness (QED) is 0.788. The number of hydrogen-bond donors (Lipinski definition) is 2. The fraction of sp³-hybridized carbons (Fsp3) is 0.273. The molecule has 0 bridgehead atoms. The molecular weight excluding hydrogens is 246 g/mol. The first kappa shape index (κ1) is 13.5. The average Bonchev–Trinajstić information content (AvgIpc) is 2.30. The molecule has 0 aromatic heterocycles. The summed E-state index contributed by atoms with van der Waals surface area (Å²) in [7, 11) is 1.23. The van der Waals surface area contributed by atoms with Gasteiger partial charge in [0.1, 0.15) is 6.04 Å². The van der Waals surface area contributed by atoms with E-state index in [9.17, 15) is 9.59 Å². The molecule has 6 heteroatoms. The lowest BCUT2D eigenvalue weighted by Crippen LogP contribution is -2.33. The van der Waals surface area contributed by atoms with Gasteiger partial charge in [-0.25, -0.2) is 4.79 Å². The predicted molar refractivity (Wildman–Crippen MR) is 62.1 cm³/mol.